The van der Waals surface area contributed by atoms with Gasteiger partial charge in [0.2, 0.25) is 0 Å². The molecule has 0 unspecified atom stereocenters. The molecule has 2 aromatic carbocycles. The minimum Gasteiger partial charge on any atom is -0.494 e. The third-order valence-corrected chi connectivity index (χ3v) is 7.03. The van der Waals surface area contributed by atoms with Crippen LogP contribution < -0.4 is 9.47 Å². The molecular weight excluding hydrogens is 492 g/mol. The maximum absolute atomic E-state index is 12.5. The Labute approximate surface area is 200 Å². The van der Waals surface area contributed by atoms with Gasteiger partial charge < -0.3 is 14.4 Å². The molecule has 0 amide bonds. The number of ether oxygens (including phenoxy) is 2. The highest BCUT2D eigenvalue weighted by Gasteiger charge is 2.23. The summed E-state index contributed by atoms with van der Waals surface area (Å²) in [5, 5.41) is -0.251. The molecule has 0 N–H and O–H groups in total. The number of carbonyl (C=O) groups is 1. The highest BCUT2D eigenvalue weighted by molar-refractivity contribution is 6.55. The second-order valence-electron chi connectivity index (χ2n) is 6.92. The normalized spacial score (nSPS) is 14.6. The van der Waals surface area contributed by atoms with Crippen LogP contribution in [0.4, 0.5) is 0 Å². The van der Waals surface area contributed by atoms with E-state index in [4.69, 9.17) is 67.5 Å². The number of likely N-dealkylation sites (tertiary alicyclic amines) is 1. The first-order chi connectivity index (χ1) is 14.4. The summed E-state index contributed by atoms with van der Waals surface area (Å²) >= 11 is 30.1. The van der Waals surface area contributed by atoms with Gasteiger partial charge in [-0.05, 0) is 56.6 Å². The SMILES string of the molecule is O=C(Oc1c(Cl)c(Cl)c(Cl)c(Cl)c1Cl)c1ccc(OCCCN2CCCCC2)cc1. The average molecular weight is 512 g/mol. The van der Waals surface area contributed by atoms with Crippen molar-refractivity contribution in [2.75, 3.05) is 26.2 Å². The van der Waals surface area contributed by atoms with Gasteiger partial charge in [0.15, 0.2) is 5.75 Å². The minimum atomic E-state index is -0.662. The standard InChI is InChI=1S/C21H20Cl5NO3/c22-15-16(23)18(25)20(19(26)17(15)24)30-21(28)13-5-7-14(8-6-13)29-12-4-11-27-9-2-1-3-10-27/h5-8H,1-4,9-12H2. The summed E-state index contributed by atoms with van der Waals surface area (Å²) in [5.41, 5.74) is 0.296. The summed E-state index contributed by atoms with van der Waals surface area (Å²) in [6.45, 7) is 4.01. The topological polar surface area (TPSA) is 38.8 Å². The Morgan fingerprint density at radius 1 is 0.833 bits per heavy atom. The summed E-state index contributed by atoms with van der Waals surface area (Å²) in [4.78, 5) is 14.9. The van der Waals surface area contributed by atoms with E-state index in [2.05, 4.69) is 4.90 Å². The summed E-state index contributed by atoms with van der Waals surface area (Å²) in [5.74, 6) is -0.121. The highest BCUT2D eigenvalue weighted by atomic mass is 35.5. The van der Waals surface area contributed by atoms with Crippen LogP contribution in [0.2, 0.25) is 25.1 Å². The summed E-state index contributed by atoms with van der Waals surface area (Å²) in [7, 11) is 0. The zero-order chi connectivity index (χ0) is 21.7. The molecule has 1 fully saturated rings. The number of halogens is 5. The largest absolute Gasteiger partial charge is 0.494 e. The summed E-state index contributed by atoms with van der Waals surface area (Å²) in [6, 6.07) is 6.62. The van der Waals surface area contributed by atoms with Crippen molar-refractivity contribution in [1.29, 1.82) is 0 Å². The van der Waals surface area contributed by atoms with E-state index in [1.807, 2.05) is 0 Å². The lowest BCUT2D eigenvalue weighted by Gasteiger charge is -2.26. The number of carbonyl (C=O) groups excluding carboxylic acids is 1. The molecular formula is C21H20Cl5NO3. The molecule has 0 saturated carbocycles. The number of esters is 1. The van der Waals surface area contributed by atoms with E-state index >= 15 is 0 Å². The van der Waals surface area contributed by atoms with Crippen molar-refractivity contribution in [3.63, 3.8) is 0 Å². The van der Waals surface area contributed by atoms with Crippen molar-refractivity contribution in [2.45, 2.75) is 25.7 Å². The Morgan fingerprint density at radius 2 is 1.40 bits per heavy atom. The van der Waals surface area contributed by atoms with Gasteiger partial charge in [-0.25, -0.2) is 4.79 Å². The predicted octanol–water partition coefficient (Wildman–Crippen LogP) is 7.43. The molecule has 2 aromatic rings. The molecule has 4 nitrogen and oxygen atoms in total. The molecule has 30 heavy (non-hydrogen) atoms. The molecule has 0 atom stereocenters. The van der Waals surface area contributed by atoms with Gasteiger partial charge in [-0.2, -0.15) is 0 Å². The molecule has 1 aliphatic rings. The molecule has 1 aliphatic heterocycles. The molecule has 0 spiro atoms. The maximum Gasteiger partial charge on any atom is 0.343 e. The van der Waals surface area contributed by atoms with Gasteiger partial charge >= 0.3 is 5.97 Å². The van der Waals surface area contributed by atoms with Gasteiger partial charge in [-0.3, -0.25) is 0 Å². The third kappa shape index (κ3) is 5.87. The number of benzene rings is 2. The number of nitrogens with zero attached hydrogens (tertiary/aromatic N) is 1. The van der Waals surface area contributed by atoms with E-state index in [1.54, 1.807) is 24.3 Å². The predicted molar refractivity (Wildman–Crippen MR) is 123 cm³/mol. The van der Waals surface area contributed by atoms with Gasteiger partial charge in [0.1, 0.15) is 15.8 Å². The molecule has 3 rings (SSSR count). The Balaban J connectivity index is 1.55. The van der Waals surface area contributed by atoms with Crippen LogP contribution in [-0.4, -0.2) is 37.1 Å². The van der Waals surface area contributed by atoms with Crippen LogP contribution in [-0.2, 0) is 0 Å². The number of rotatable bonds is 7. The Kier molecular flexibility index (Phi) is 8.82. The summed E-state index contributed by atoms with van der Waals surface area (Å²) in [6.07, 6.45) is 4.85. The lowest BCUT2D eigenvalue weighted by Crippen LogP contribution is -2.31. The fourth-order valence-corrected chi connectivity index (χ4v) is 4.37. The number of hydrogen-bond donors (Lipinski definition) is 0. The quantitative estimate of drug-likeness (QED) is 0.127. The summed E-state index contributed by atoms with van der Waals surface area (Å²) < 4.78 is 11.1. The van der Waals surface area contributed by atoms with Gasteiger partial charge in [-0.15, -0.1) is 0 Å². The van der Waals surface area contributed by atoms with Crippen molar-refractivity contribution < 1.29 is 14.3 Å². The monoisotopic (exact) mass is 509 g/mol. The molecule has 0 radical (unpaired) electrons. The lowest BCUT2D eigenvalue weighted by atomic mass is 10.1. The second kappa shape index (κ2) is 11.1. The first-order valence-electron chi connectivity index (χ1n) is 9.57. The third-order valence-electron chi connectivity index (χ3n) is 4.79. The van der Waals surface area contributed by atoms with Crippen LogP contribution in [0.5, 0.6) is 11.5 Å². The van der Waals surface area contributed by atoms with Crippen molar-refractivity contribution in [3.8, 4) is 11.5 Å². The van der Waals surface area contributed by atoms with E-state index in [9.17, 15) is 4.79 Å². The van der Waals surface area contributed by atoms with Crippen molar-refractivity contribution in [2.24, 2.45) is 0 Å². The molecule has 1 heterocycles. The number of hydrogen-bond acceptors (Lipinski definition) is 4. The second-order valence-corrected chi connectivity index (χ2v) is 8.81. The molecule has 1 saturated heterocycles. The molecule has 0 bridgehead atoms. The van der Waals surface area contributed by atoms with Gasteiger partial charge in [-0.1, -0.05) is 64.4 Å². The van der Waals surface area contributed by atoms with Gasteiger partial charge in [0.05, 0.1) is 27.2 Å². The van der Waals surface area contributed by atoms with Crippen LogP contribution in [0.25, 0.3) is 0 Å². The van der Waals surface area contributed by atoms with Gasteiger partial charge in [0.25, 0.3) is 0 Å². The van der Waals surface area contributed by atoms with Crippen molar-refractivity contribution in [3.05, 3.63) is 54.9 Å². The zero-order valence-electron chi connectivity index (χ0n) is 16.0. The van der Waals surface area contributed by atoms with Crippen LogP contribution >= 0.6 is 58.0 Å². The van der Waals surface area contributed by atoms with Crippen LogP contribution in [0, 0.1) is 0 Å². The smallest absolute Gasteiger partial charge is 0.343 e. The molecule has 9 heteroatoms. The van der Waals surface area contributed by atoms with Crippen molar-refractivity contribution in [1.82, 2.24) is 4.90 Å². The van der Waals surface area contributed by atoms with Crippen LogP contribution in [0.3, 0.4) is 0 Å². The average Bonchev–Trinajstić information content (AvgIpc) is 2.78. The minimum absolute atomic E-state index is 0.00470. The fourth-order valence-electron chi connectivity index (χ4n) is 3.17. The molecule has 0 aliphatic carbocycles. The Hall–Kier alpha value is -0.880. The molecule has 162 valence electrons. The first-order valence-corrected chi connectivity index (χ1v) is 11.5. The van der Waals surface area contributed by atoms with E-state index in [0.717, 1.165) is 13.0 Å². The lowest BCUT2D eigenvalue weighted by molar-refractivity contribution is 0.0735. The first kappa shape index (κ1) is 23.8. The van der Waals surface area contributed by atoms with E-state index < -0.39 is 5.97 Å². The zero-order valence-corrected chi connectivity index (χ0v) is 19.8. The Bertz CT molecular complexity index is 870. The Morgan fingerprint density at radius 3 is 2.00 bits per heavy atom. The van der Waals surface area contributed by atoms with Crippen LogP contribution in [0.1, 0.15) is 36.0 Å². The fraction of sp³-hybridized carbons (Fsp3) is 0.381. The maximum atomic E-state index is 12.5. The van der Waals surface area contributed by atoms with Crippen LogP contribution in [0.15, 0.2) is 24.3 Å². The molecule has 0 aromatic heterocycles. The number of piperidine rings is 1. The van der Waals surface area contributed by atoms with E-state index in [-0.39, 0.29) is 30.9 Å². The van der Waals surface area contributed by atoms with Gasteiger partial charge in [0, 0.05) is 6.54 Å². The van der Waals surface area contributed by atoms with E-state index in [0.29, 0.717) is 17.9 Å². The highest BCUT2D eigenvalue weighted by Crippen LogP contribution is 2.48. The van der Waals surface area contributed by atoms with Crippen molar-refractivity contribution >= 4 is 64.0 Å². The van der Waals surface area contributed by atoms with E-state index in [1.165, 1.54) is 32.4 Å².